The van der Waals surface area contributed by atoms with E-state index in [-0.39, 0.29) is 31.1 Å². The lowest BCUT2D eigenvalue weighted by molar-refractivity contribution is -0.132. The molecule has 1 saturated heterocycles. The second-order valence-corrected chi connectivity index (χ2v) is 11.8. The first-order valence-electron chi connectivity index (χ1n) is 13.4. The summed E-state index contributed by atoms with van der Waals surface area (Å²) in [6.07, 6.45) is 3.92. The van der Waals surface area contributed by atoms with Crippen LogP contribution in [0.15, 0.2) is 48.8 Å². The predicted molar refractivity (Wildman–Crippen MR) is 150 cm³/mol. The molecular weight excluding hydrogens is 534 g/mol. The number of carbonyl (C=O) groups is 1. The van der Waals surface area contributed by atoms with Gasteiger partial charge in [0.05, 0.1) is 32.6 Å². The summed E-state index contributed by atoms with van der Waals surface area (Å²) in [6, 6.07) is 12.0. The Labute approximate surface area is 234 Å². The number of nitrogens with zero attached hydrogens (tertiary/aromatic N) is 4. The summed E-state index contributed by atoms with van der Waals surface area (Å²) < 4.78 is 42.0. The van der Waals surface area contributed by atoms with Crippen LogP contribution < -0.4 is 14.6 Å². The summed E-state index contributed by atoms with van der Waals surface area (Å²) in [5.41, 5.74) is 3.89. The molecule has 0 unspecified atom stereocenters. The maximum Gasteiger partial charge on any atom is 0.223 e. The maximum atomic E-state index is 13.3. The Hall–Kier alpha value is -3.45. The van der Waals surface area contributed by atoms with Gasteiger partial charge in [-0.05, 0) is 47.9 Å². The van der Waals surface area contributed by atoms with Crippen LogP contribution in [-0.4, -0.2) is 86.0 Å². The number of imidazole rings is 1. The van der Waals surface area contributed by atoms with E-state index in [4.69, 9.17) is 19.3 Å². The highest BCUT2D eigenvalue weighted by Crippen LogP contribution is 2.33. The summed E-state index contributed by atoms with van der Waals surface area (Å²) in [6.45, 7) is 4.78. The number of primary sulfonamides is 1. The van der Waals surface area contributed by atoms with Gasteiger partial charge in [0.15, 0.2) is 11.5 Å². The van der Waals surface area contributed by atoms with Crippen LogP contribution in [0.25, 0.3) is 17.1 Å². The van der Waals surface area contributed by atoms with Crippen molar-refractivity contribution in [2.45, 2.75) is 25.9 Å². The number of morpholine rings is 1. The summed E-state index contributed by atoms with van der Waals surface area (Å²) in [5, 5.41) is 5.15. The quantitative estimate of drug-likeness (QED) is 0.459. The lowest BCUT2D eigenvalue weighted by Gasteiger charge is -2.27. The van der Waals surface area contributed by atoms with Crippen molar-refractivity contribution in [3.8, 4) is 28.6 Å². The van der Waals surface area contributed by atoms with E-state index >= 15 is 0 Å². The van der Waals surface area contributed by atoms with Crippen molar-refractivity contribution in [2.75, 3.05) is 52.3 Å². The van der Waals surface area contributed by atoms with Gasteiger partial charge in [-0.2, -0.15) is 0 Å². The van der Waals surface area contributed by atoms with E-state index in [1.54, 1.807) is 18.2 Å². The van der Waals surface area contributed by atoms with Crippen LogP contribution in [-0.2, 0) is 32.6 Å². The predicted octanol–water partition coefficient (Wildman–Crippen LogP) is 2.17. The molecule has 5 rings (SSSR count). The number of aromatic nitrogens is 2. The van der Waals surface area contributed by atoms with Crippen molar-refractivity contribution in [3.63, 3.8) is 0 Å². The van der Waals surface area contributed by atoms with E-state index in [0.717, 1.165) is 47.8 Å². The molecule has 2 aliphatic rings. The molecule has 0 aliphatic carbocycles. The molecule has 0 spiro atoms. The average molecular weight is 570 g/mol. The van der Waals surface area contributed by atoms with Gasteiger partial charge in [-0.15, -0.1) is 0 Å². The largest absolute Gasteiger partial charge is 0.493 e. The van der Waals surface area contributed by atoms with Crippen LogP contribution in [0.1, 0.15) is 24.0 Å². The lowest BCUT2D eigenvalue weighted by atomic mass is 10.1. The van der Waals surface area contributed by atoms with E-state index in [1.807, 2.05) is 29.0 Å². The number of carbonyl (C=O) groups excluding carboxylic acids is 1. The van der Waals surface area contributed by atoms with Gasteiger partial charge in [0.25, 0.3) is 0 Å². The Bertz CT molecular complexity index is 1450. The lowest BCUT2D eigenvalue weighted by Crippen LogP contribution is -2.36. The third kappa shape index (κ3) is 7.00. The molecule has 214 valence electrons. The molecule has 11 nitrogen and oxygen atoms in total. The second kappa shape index (κ2) is 12.4. The number of amides is 1. The van der Waals surface area contributed by atoms with E-state index in [1.165, 1.54) is 0 Å². The number of hydrogen-bond donors (Lipinski definition) is 1. The first-order valence-corrected chi connectivity index (χ1v) is 15.1. The zero-order valence-electron chi connectivity index (χ0n) is 22.6. The minimum absolute atomic E-state index is 0.0707. The Morgan fingerprint density at radius 1 is 1.10 bits per heavy atom. The molecule has 1 aromatic heterocycles. The van der Waals surface area contributed by atoms with E-state index in [9.17, 15) is 13.2 Å². The monoisotopic (exact) mass is 569 g/mol. The van der Waals surface area contributed by atoms with Crippen molar-refractivity contribution >= 4 is 15.9 Å². The summed E-state index contributed by atoms with van der Waals surface area (Å²) in [5.74, 6) is 1.49. The van der Waals surface area contributed by atoms with E-state index < -0.39 is 10.0 Å². The molecule has 1 fully saturated rings. The highest BCUT2D eigenvalue weighted by Gasteiger charge is 2.20. The van der Waals surface area contributed by atoms with E-state index in [2.05, 4.69) is 28.1 Å². The molecule has 40 heavy (non-hydrogen) atoms. The number of fused-ring (bicyclic) bond motifs is 7. The Balaban J connectivity index is 1.53. The summed E-state index contributed by atoms with van der Waals surface area (Å²) in [7, 11) is -2.06. The highest BCUT2D eigenvalue weighted by molar-refractivity contribution is 7.89. The number of methoxy groups -OCH3 is 1. The summed E-state index contributed by atoms with van der Waals surface area (Å²) >= 11 is 0. The van der Waals surface area contributed by atoms with Gasteiger partial charge in [-0.1, -0.05) is 6.07 Å². The maximum absolute atomic E-state index is 13.3. The number of sulfonamides is 1. The molecule has 0 radical (unpaired) electrons. The normalized spacial score (nSPS) is 16.2. The Kier molecular flexibility index (Phi) is 8.69. The standard InChI is InChI=1S/C28H35N5O6S/c1-37-25-5-4-23-18-26(25)39-13-10-32(27(34)3-2-14-40(29,35)36)20-22-15-21(19-31-8-11-38-12-9-31)16-24(17-22)33-7-6-30-28(23)33/h4-7,15-18H,2-3,8-14,19-20H2,1H3,(H2,29,35,36). The van der Waals surface area contributed by atoms with Crippen molar-refractivity contribution in [1.29, 1.82) is 0 Å². The molecule has 2 N–H and O–H groups in total. The zero-order chi connectivity index (χ0) is 28.1. The third-order valence-electron chi connectivity index (χ3n) is 7.05. The molecule has 0 atom stereocenters. The Morgan fingerprint density at radius 2 is 1.93 bits per heavy atom. The smallest absolute Gasteiger partial charge is 0.223 e. The number of nitrogens with two attached hydrogens (primary N) is 1. The molecule has 3 heterocycles. The first-order chi connectivity index (χ1) is 19.3. The summed E-state index contributed by atoms with van der Waals surface area (Å²) in [4.78, 5) is 22.0. The van der Waals surface area contributed by atoms with Crippen LogP contribution in [0.5, 0.6) is 11.5 Å². The van der Waals surface area contributed by atoms with Gasteiger partial charge in [0.2, 0.25) is 15.9 Å². The number of ether oxygens (including phenoxy) is 3. The second-order valence-electron chi connectivity index (χ2n) is 10.0. The minimum atomic E-state index is -3.64. The van der Waals surface area contributed by atoms with Gasteiger partial charge < -0.3 is 19.1 Å². The van der Waals surface area contributed by atoms with Crippen LogP contribution in [0.3, 0.4) is 0 Å². The fourth-order valence-corrected chi connectivity index (χ4v) is 5.64. The third-order valence-corrected chi connectivity index (χ3v) is 7.91. The molecule has 12 heteroatoms. The van der Waals surface area contributed by atoms with Gasteiger partial charge in [-0.25, -0.2) is 18.5 Å². The molecule has 4 bridgehead atoms. The van der Waals surface area contributed by atoms with Gasteiger partial charge in [0, 0.05) is 56.2 Å². The molecule has 2 aliphatic heterocycles. The number of rotatable bonds is 7. The fourth-order valence-electron chi connectivity index (χ4n) is 5.10. The number of benzene rings is 2. The van der Waals surface area contributed by atoms with Crippen molar-refractivity contribution < 1.29 is 27.4 Å². The van der Waals surface area contributed by atoms with Gasteiger partial charge >= 0.3 is 0 Å². The molecule has 0 saturated carbocycles. The van der Waals surface area contributed by atoms with E-state index in [0.29, 0.717) is 37.8 Å². The van der Waals surface area contributed by atoms with Crippen LogP contribution >= 0.6 is 0 Å². The molecular formula is C28H35N5O6S. The number of hydrogen-bond acceptors (Lipinski definition) is 8. The van der Waals surface area contributed by atoms with Crippen molar-refractivity contribution in [2.24, 2.45) is 5.14 Å². The SMILES string of the molecule is COc1ccc2cc1OCCN(C(=O)CCCS(N)(=O)=O)Cc1cc(CN3CCOCC3)cc(c1)-n1ccnc1-2. The van der Waals surface area contributed by atoms with Gasteiger partial charge in [0.1, 0.15) is 12.4 Å². The molecule has 2 aromatic carbocycles. The molecule has 1 amide bonds. The molecule has 3 aromatic rings. The van der Waals surface area contributed by atoms with Crippen LogP contribution in [0.2, 0.25) is 0 Å². The topological polar surface area (TPSA) is 129 Å². The first kappa shape index (κ1) is 28.1. The Morgan fingerprint density at radius 3 is 2.70 bits per heavy atom. The average Bonchev–Trinajstić information content (AvgIpc) is 3.42. The van der Waals surface area contributed by atoms with Crippen LogP contribution in [0.4, 0.5) is 0 Å². The highest BCUT2D eigenvalue weighted by atomic mass is 32.2. The van der Waals surface area contributed by atoms with Crippen LogP contribution in [0, 0.1) is 0 Å². The van der Waals surface area contributed by atoms with Crippen molar-refractivity contribution in [1.82, 2.24) is 19.4 Å². The fraction of sp³-hybridized carbons (Fsp3) is 0.429. The van der Waals surface area contributed by atoms with Crippen molar-refractivity contribution in [3.05, 3.63) is 59.9 Å². The van der Waals surface area contributed by atoms with Gasteiger partial charge in [-0.3, -0.25) is 14.3 Å². The minimum Gasteiger partial charge on any atom is -0.493 e. The zero-order valence-corrected chi connectivity index (χ0v) is 23.4.